The molecule has 2 aromatic carbocycles. The summed E-state index contributed by atoms with van der Waals surface area (Å²) in [5.74, 6) is -1.22. The molecule has 0 spiro atoms. The molecule has 0 unspecified atom stereocenters. The van der Waals surface area contributed by atoms with Gasteiger partial charge in [0, 0.05) is 49.0 Å². The fourth-order valence-corrected chi connectivity index (χ4v) is 3.75. The minimum atomic E-state index is -1.05. The molecule has 2 N–H and O–H groups in total. The van der Waals surface area contributed by atoms with Gasteiger partial charge in [-0.2, -0.15) is 0 Å². The lowest BCUT2D eigenvalue weighted by molar-refractivity contribution is -0.116. The number of anilines is 3. The van der Waals surface area contributed by atoms with Crippen molar-refractivity contribution in [2.24, 2.45) is 0 Å². The third kappa shape index (κ3) is 5.01. The van der Waals surface area contributed by atoms with Crippen LogP contribution in [0.15, 0.2) is 36.4 Å². The van der Waals surface area contributed by atoms with E-state index in [0.29, 0.717) is 18.5 Å². The number of benzene rings is 2. The molecule has 3 rings (SSSR count). The van der Waals surface area contributed by atoms with Crippen molar-refractivity contribution in [3.05, 3.63) is 52.5 Å². The molecule has 154 valence electrons. The maximum Gasteiger partial charge on any atom is 0.337 e. The second-order valence-corrected chi connectivity index (χ2v) is 7.67. The summed E-state index contributed by atoms with van der Waals surface area (Å²) in [6, 6.07) is 11.1. The van der Waals surface area contributed by atoms with E-state index in [2.05, 4.69) is 22.0 Å². The number of aryl methyl sites for hydroxylation is 1. The highest BCUT2D eigenvalue weighted by atomic mass is 35.5. The Morgan fingerprint density at radius 1 is 1.07 bits per heavy atom. The quantitative estimate of drug-likeness (QED) is 0.731. The lowest BCUT2D eigenvalue weighted by Gasteiger charge is -2.38. The summed E-state index contributed by atoms with van der Waals surface area (Å²) in [4.78, 5) is 28.0. The highest BCUT2D eigenvalue weighted by Gasteiger charge is 2.21. The van der Waals surface area contributed by atoms with Crippen LogP contribution in [0.3, 0.4) is 0 Å². The van der Waals surface area contributed by atoms with Crippen molar-refractivity contribution < 1.29 is 14.7 Å². The van der Waals surface area contributed by atoms with Crippen molar-refractivity contribution >= 4 is 40.5 Å². The lowest BCUT2D eigenvalue weighted by atomic mass is 10.1. The maximum atomic E-state index is 11.9. The van der Waals surface area contributed by atoms with Gasteiger partial charge in [-0.25, -0.2) is 4.79 Å². The smallest absolute Gasteiger partial charge is 0.337 e. The molecule has 0 radical (unpaired) electrons. The summed E-state index contributed by atoms with van der Waals surface area (Å²) >= 11 is 6.16. The molecule has 1 amide bonds. The number of carboxylic acid groups (broad SMARTS) is 1. The molecule has 7 heteroatoms. The van der Waals surface area contributed by atoms with Crippen molar-refractivity contribution in [2.75, 3.05) is 41.3 Å². The first-order valence-electron chi connectivity index (χ1n) is 9.82. The van der Waals surface area contributed by atoms with Crippen LogP contribution < -0.4 is 15.1 Å². The van der Waals surface area contributed by atoms with Gasteiger partial charge in [-0.3, -0.25) is 4.79 Å². The van der Waals surface area contributed by atoms with Crippen molar-refractivity contribution in [3.8, 4) is 0 Å². The molecular weight excluding hydrogens is 390 g/mol. The number of carbonyl (C=O) groups excluding carboxylic acids is 1. The van der Waals surface area contributed by atoms with Crippen LogP contribution in [0.25, 0.3) is 0 Å². The van der Waals surface area contributed by atoms with Gasteiger partial charge in [-0.15, -0.1) is 0 Å². The molecule has 6 nitrogen and oxygen atoms in total. The summed E-state index contributed by atoms with van der Waals surface area (Å²) in [6.07, 6.45) is 1.08. The van der Waals surface area contributed by atoms with E-state index in [0.717, 1.165) is 42.6 Å². The molecule has 1 fully saturated rings. The van der Waals surface area contributed by atoms with Crippen molar-refractivity contribution in [3.63, 3.8) is 0 Å². The number of hydrogen-bond acceptors (Lipinski definition) is 4. The molecule has 29 heavy (non-hydrogen) atoms. The first kappa shape index (κ1) is 21.0. The summed E-state index contributed by atoms with van der Waals surface area (Å²) in [5, 5.41) is 13.0. The van der Waals surface area contributed by atoms with E-state index in [1.54, 1.807) is 12.1 Å². The van der Waals surface area contributed by atoms with Crippen LogP contribution in [0, 0.1) is 6.92 Å². The number of halogens is 1. The number of hydrogen-bond donors (Lipinski definition) is 2. The minimum absolute atomic E-state index is 0.111. The van der Waals surface area contributed by atoms with Gasteiger partial charge in [0.25, 0.3) is 0 Å². The molecular formula is C22H26ClN3O3. The van der Waals surface area contributed by atoms with E-state index in [1.807, 2.05) is 31.2 Å². The second-order valence-electron chi connectivity index (χ2n) is 7.24. The Morgan fingerprint density at radius 3 is 2.41 bits per heavy atom. The average molecular weight is 416 g/mol. The molecule has 0 atom stereocenters. The summed E-state index contributed by atoms with van der Waals surface area (Å²) in [5.41, 5.74) is 3.62. The Hall–Kier alpha value is -2.73. The molecule has 2 aromatic rings. The highest BCUT2D eigenvalue weighted by Crippen LogP contribution is 2.28. The van der Waals surface area contributed by atoms with Crippen LogP contribution in [0.5, 0.6) is 0 Å². The zero-order valence-corrected chi connectivity index (χ0v) is 17.5. The predicted molar refractivity (Wildman–Crippen MR) is 118 cm³/mol. The third-order valence-corrected chi connectivity index (χ3v) is 5.38. The molecule has 1 heterocycles. The number of aromatic carboxylic acids is 1. The predicted octanol–water partition coefficient (Wildman–Crippen LogP) is 4.41. The van der Waals surface area contributed by atoms with Crippen LogP contribution in [0.2, 0.25) is 5.02 Å². The topological polar surface area (TPSA) is 72.9 Å². The Kier molecular flexibility index (Phi) is 6.64. The maximum absolute atomic E-state index is 11.9. The summed E-state index contributed by atoms with van der Waals surface area (Å²) < 4.78 is 0. The molecule has 0 bridgehead atoms. The van der Waals surface area contributed by atoms with Crippen LogP contribution in [-0.2, 0) is 4.79 Å². The Labute approximate surface area is 176 Å². The van der Waals surface area contributed by atoms with E-state index in [9.17, 15) is 14.7 Å². The van der Waals surface area contributed by atoms with E-state index in [4.69, 9.17) is 11.6 Å². The summed E-state index contributed by atoms with van der Waals surface area (Å²) in [7, 11) is 0. The lowest BCUT2D eigenvalue weighted by Crippen LogP contribution is -2.46. The van der Waals surface area contributed by atoms with Gasteiger partial charge in [-0.05, 0) is 49.2 Å². The zero-order valence-electron chi connectivity index (χ0n) is 16.7. The monoisotopic (exact) mass is 415 g/mol. The molecule has 0 aliphatic carbocycles. The normalized spacial score (nSPS) is 14.0. The van der Waals surface area contributed by atoms with Crippen LogP contribution in [0.4, 0.5) is 17.1 Å². The number of rotatable bonds is 6. The highest BCUT2D eigenvalue weighted by molar-refractivity contribution is 6.30. The number of carboxylic acids is 1. The summed E-state index contributed by atoms with van der Waals surface area (Å²) in [6.45, 7) is 7.16. The third-order valence-electron chi connectivity index (χ3n) is 5.14. The zero-order chi connectivity index (χ0) is 21.0. The van der Waals surface area contributed by atoms with Crippen molar-refractivity contribution in [1.82, 2.24) is 0 Å². The number of nitrogens with one attached hydrogen (secondary N) is 1. The van der Waals surface area contributed by atoms with E-state index in [-0.39, 0.29) is 11.5 Å². The molecule has 0 saturated carbocycles. The molecule has 1 aliphatic heterocycles. The standard InChI is InChI=1S/C22H26ClN3O3/c1-3-4-21(27)24-19-8-7-17(14-18(19)22(28)29)25-9-11-26(12-10-25)20-13-16(23)6-5-15(20)2/h5-8,13-14H,3-4,9-12H2,1-2H3,(H,24,27)(H,28,29). The average Bonchev–Trinajstić information content (AvgIpc) is 2.70. The number of piperazine rings is 1. The fraction of sp³-hybridized carbons (Fsp3) is 0.364. The Bertz CT molecular complexity index is 908. The first-order valence-corrected chi connectivity index (χ1v) is 10.2. The largest absolute Gasteiger partial charge is 0.478 e. The molecule has 1 saturated heterocycles. The fourth-order valence-electron chi connectivity index (χ4n) is 3.58. The van der Waals surface area contributed by atoms with Crippen LogP contribution in [-0.4, -0.2) is 43.2 Å². The van der Waals surface area contributed by atoms with Gasteiger partial charge in [0.05, 0.1) is 11.3 Å². The Morgan fingerprint density at radius 2 is 1.76 bits per heavy atom. The van der Waals surface area contributed by atoms with Crippen LogP contribution >= 0.6 is 11.6 Å². The van der Waals surface area contributed by atoms with Gasteiger partial charge < -0.3 is 20.2 Å². The molecule has 1 aliphatic rings. The van der Waals surface area contributed by atoms with E-state index in [1.165, 1.54) is 5.56 Å². The number of nitrogens with zero attached hydrogens (tertiary/aromatic N) is 2. The number of carbonyl (C=O) groups is 2. The van der Waals surface area contributed by atoms with Crippen LogP contribution in [0.1, 0.15) is 35.7 Å². The first-order chi connectivity index (χ1) is 13.9. The minimum Gasteiger partial charge on any atom is -0.478 e. The number of amides is 1. The molecule has 0 aromatic heterocycles. The van der Waals surface area contributed by atoms with Gasteiger partial charge >= 0.3 is 5.97 Å². The van der Waals surface area contributed by atoms with Crippen molar-refractivity contribution in [2.45, 2.75) is 26.7 Å². The van der Waals surface area contributed by atoms with Gasteiger partial charge in [0.15, 0.2) is 0 Å². The Balaban J connectivity index is 1.73. The van der Waals surface area contributed by atoms with Gasteiger partial charge in [0.2, 0.25) is 5.91 Å². The van der Waals surface area contributed by atoms with Gasteiger partial charge in [0.1, 0.15) is 0 Å². The second kappa shape index (κ2) is 9.18. The van der Waals surface area contributed by atoms with E-state index >= 15 is 0 Å². The van der Waals surface area contributed by atoms with Crippen molar-refractivity contribution in [1.29, 1.82) is 0 Å². The SMILES string of the molecule is CCCC(=O)Nc1ccc(N2CCN(c3cc(Cl)ccc3C)CC2)cc1C(=O)O. The van der Waals surface area contributed by atoms with Gasteiger partial charge in [-0.1, -0.05) is 24.6 Å². The van der Waals surface area contributed by atoms with E-state index < -0.39 is 5.97 Å².